The fourth-order valence-electron chi connectivity index (χ4n) is 2.68. The molecule has 0 aliphatic rings. The first-order chi connectivity index (χ1) is 12.3. The van der Waals surface area contributed by atoms with Gasteiger partial charge in [-0.1, -0.05) is 6.07 Å². The van der Waals surface area contributed by atoms with Crippen LogP contribution in [0.1, 0.15) is 44.6 Å². The highest BCUT2D eigenvalue weighted by molar-refractivity contribution is 6.03. The minimum Gasteiger partial charge on any atom is -0.478 e. The second kappa shape index (κ2) is 7.81. The van der Waals surface area contributed by atoms with Crippen molar-refractivity contribution < 1.29 is 24.0 Å². The van der Waals surface area contributed by atoms with Gasteiger partial charge in [-0.25, -0.2) is 4.79 Å². The summed E-state index contributed by atoms with van der Waals surface area (Å²) in [5.74, 6) is -0.898. The molecular formula is C18H20N2O6. The number of nitrogens with one attached hydrogen (secondary N) is 1. The third-order valence-electron chi connectivity index (χ3n) is 3.87. The highest BCUT2D eigenvalue weighted by atomic mass is 16.6. The van der Waals surface area contributed by atoms with Crippen LogP contribution in [0.2, 0.25) is 0 Å². The van der Waals surface area contributed by atoms with Gasteiger partial charge in [-0.2, -0.15) is 0 Å². The van der Waals surface area contributed by atoms with Crippen LogP contribution < -0.4 is 4.74 Å². The summed E-state index contributed by atoms with van der Waals surface area (Å²) in [4.78, 5) is 37.8. The molecule has 1 heterocycles. The number of H-pyrrole nitrogens is 1. The molecule has 0 spiro atoms. The zero-order valence-corrected chi connectivity index (χ0v) is 15.0. The number of hydrogen-bond acceptors (Lipinski definition) is 6. The van der Waals surface area contributed by atoms with Crippen molar-refractivity contribution in [1.29, 1.82) is 0 Å². The molecule has 26 heavy (non-hydrogen) atoms. The Kier molecular flexibility index (Phi) is 5.76. The van der Waals surface area contributed by atoms with Crippen LogP contribution in [-0.2, 0) is 4.74 Å². The molecule has 1 aromatic heterocycles. The van der Waals surface area contributed by atoms with E-state index in [4.69, 9.17) is 9.47 Å². The number of nitrogens with zero attached hydrogens (tertiary/aromatic N) is 1. The fraction of sp³-hybridized carbons (Fsp3) is 0.333. The second-order valence-corrected chi connectivity index (χ2v) is 5.79. The van der Waals surface area contributed by atoms with E-state index in [-0.39, 0.29) is 36.1 Å². The number of carbonyl (C=O) groups excluding carboxylic acids is 2. The molecule has 0 saturated carbocycles. The van der Waals surface area contributed by atoms with Gasteiger partial charge in [0.1, 0.15) is 5.69 Å². The van der Waals surface area contributed by atoms with Gasteiger partial charge in [0.25, 0.3) is 0 Å². The summed E-state index contributed by atoms with van der Waals surface area (Å²) < 4.78 is 10.4. The summed E-state index contributed by atoms with van der Waals surface area (Å²) >= 11 is 0. The summed E-state index contributed by atoms with van der Waals surface area (Å²) in [5.41, 5.74) is 2.08. The lowest BCUT2D eigenvalue weighted by molar-refractivity contribution is -0.385. The lowest BCUT2D eigenvalue weighted by Crippen LogP contribution is -2.14. The Morgan fingerprint density at radius 1 is 1.23 bits per heavy atom. The predicted octanol–water partition coefficient (Wildman–Crippen LogP) is 3.29. The van der Waals surface area contributed by atoms with E-state index < -0.39 is 10.9 Å². The van der Waals surface area contributed by atoms with Crippen molar-refractivity contribution in [1.82, 2.24) is 4.98 Å². The Morgan fingerprint density at radius 3 is 2.54 bits per heavy atom. The molecule has 0 unspecified atom stereocenters. The van der Waals surface area contributed by atoms with Crippen molar-refractivity contribution in [2.75, 3.05) is 13.2 Å². The molecule has 0 atom stereocenters. The maximum atomic E-state index is 12.6. The number of carbonyl (C=O) groups is 2. The molecule has 0 bridgehead atoms. The standard InChI is InChI=1S/C18H20N2O6/c1-5-25-18(22)17-11(3)16(12(4)19-17)14(21)9-26-15-8-10(2)6-7-13(15)20(23)24/h6-8,19H,5,9H2,1-4H3. The molecule has 8 heteroatoms. The molecule has 1 N–H and O–H groups in total. The second-order valence-electron chi connectivity index (χ2n) is 5.79. The van der Waals surface area contributed by atoms with Crippen LogP contribution in [0.3, 0.4) is 0 Å². The number of nitro groups is 1. The maximum absolute atomic E-state index is 12.6. The van der Waals surface area contributed by atoms with Crippen LogP contribution in [0, 0.1) is 30.9 Å². The Bertz CT molecular complexity index is 869. The number of rotatable bonds is 7. The van der Waals surface area contributed by atoms with Gasteiger partial charge in [0.05, 0.1) is 11.5 Å². The molecule has 0 radical (unpaired) electrons. The van der Waals surface area contributed by atoms with E-state index in [0.29, 0.717) is 16.8 Å². The quantitative estimate of drug-likeness (QED) is 0.351. The first-order valence-electron chi connectivity index (χ1n) is 8.03. The lowest BCUT2D eigenvalue weighted by atomic mass is 10.1. The average Bonchev–Trinajstić information content (AvgIpc) is 2.87. The molecule has 8 nitrogen and oxygen atoms in total. The van der Waals surface area contributed by atoms with E-state index in [9.17, 15) is 19.7 Å². The first kappa shape index (κ1) is 19.2. The monoisotopic (exact) mass is 360 g/mol. The van der Waals surface area contributed by atoms with E-state index >= 15 is 0 Å². The van der Waals surface area contributed by atoms with Gasteiger partial charge in [-0.15, -0.1) is 0 Å². The van der Waals surface area contributed by atoms with Crippen LogP contribution in [0.4, 0.5) is 5.69 Å². The smallest absolute Gasteiger partial charge is 0.355 e. The van der Waals surface area contributed by atoms with Gasteiger partial charge >= 0.3 is 11.7 Å². The number of benzene rings is 1. The van der Waals surface area contributed by atoms with Crippen molar-refractivity contribution in [2.45, 2.75) is 27.7 Å². The Labute approximate surface area is 150 Å². The van der Waals surface area contributed by atoms with Crippen molar-refractivity contribution in [3.8, 4) is 5.75 Å². The third-order valence-corrected chi connectivity index (χ3v) is 3.87. The van der Waals surface area contributed by atoms with E-state index in [1.165, 1.54) is 12.1 Å². The lowest BCUT2D eigenvalue weighted by Gasteiger charge is -2.08. The van der Waals surface area contributed by atoms with Crippen LogP contribution in [-0.4, -0.2) is 34.9 Å². The largest absolute Gasteiger partial charge is 0.478 e. The average molecular weight is 360 g/mol. The molecule has 1 aromatic carbocycles. The van der Waals surface area contributed by atoms with Crippen LogP contribution in [0.25, 0.3) is 0 Å². The summed E-state index contributed by atoms with van der Waals surface area (Å²) in [7, 11) is 0. The molecular weight excluding hydrogens is 340 g/mol. The summed E-state index contributed by atoms with van der Waals surface area (Å²) in [5, 5.41) is 11.1. The number of ether oxygens (including phenoxy) is 2. The number of Topliss-reactive ketones (excluding diaryl/α,β-unsaturated/α-hetero) is 1. The summed E-state index contributed by atoms with van der Waals surface area (Å²) in [6.45, 7) is 6.60. The Balaban J connectivity index is 2.23. The third kappa shape index (κ3) is 3.90. The molecule has 0 saturated heterocycles. The van der Waals surface area contributed by atoms with Crippen molar-refractivity contribution in [3.63, 3.8) is 0 Å². The highest BCUT2D eigenvalue weighted by Gasteiger charge is 2.24. The van der Waals surface area contributed by atoms with E-state index in [0.717, 1.165) is 5.56 Å². The molecule has 138 valence electrons. The van der Waals surface area contributed by atoms with Crippen LogP contribution >= 0.6 is 0 Å². The fourth-order valence-corrected chi connectivity index (χ4v) is 2.68. The predicted molar refractivity (Wildman–Crippen MR) is 93.9 cm³/mol. The number of aryl methyl sites for hydroxylation is 2. The molecule has 2 rings (SSSR count). The topological polar surface area (TPSA) is 112 Å². The molecule has 2 aromatic rings. The Morgan fingerprint density at radius 2 is 1.92 bits per heavy atom. The minimum absolute atomic E-state index is 0.0276. The minimum atomic E-state index is -0.565. The van der Waals surface area contributed by atoms with Gasteiger partial charge in [0, 0.05) is 17.3 Å². The normalized spacial score (nSPS) is 10.5. The van der Waals surface area contributed by atoms with E-state index in [2.05, 4.69) is 4.98 Å². The maximum Gasteiger partial charge on any atom is 0.355 e. The SMILES string of the molecule is CCOC(=O)c1[nH]c(C)c(C(=O)COc2cc(C)ccc2[N+](=O)[O-])c1C. The van der Waals surface area contributed by atoms with Crippen molar-refractivity contribution in [2.24, 2.45) is 0 Å². The first-order valence-corrected chi connectivity index (χ1v) is 8.03. The van der Waals surface area contributed by atoms with Gasteiger partial charge in [-0.05, 0) is 44.9 Å². The molecule has 0 amide bonds. The Hall–Kier alpha value is -3.16. The number of hydrogen-bond donors (Lipinski definition) is 1. The molecule has 0 fully saturated rings. The van der Waals surface area contributed by atoms with Gasteiger partial charge in [0.2, 0.25) is 5.78 Å². The van der Waals surface area contributed by atoms with E-state index in [1.54, 1.807) is 33.8 Å². The van der Waals surface area contributed by atoms with Gasteiger partial charge < -0.3 is 14.5 Å². The zero-order chi connectivity index (χ0) is 19.4. The summed E-state index contributed by atoms with van der Waals surface area (Å²) in [6.07, 6.45) is 0. The molecule has 0 aliphatic heterocycles. The number of aromatic amines is 1. The number of esters is 1. The highest BCUT2D eigenvalue weighted by Crippen LogP contribution is 2.28. The van der Waals surface area contributed by atoms with Crippen LogP contribution in [0.15, 0.2) is 18.2 Å². The number of ketones is 1. The van der Waals surface area contributed by atoms with Crippen LogP contribution in [0.5, 0.6) is 5.75 Å². The van der Waals surface area contributed by atoms with Crippen molar-refractivity contribution >= 4 is 17.4 Å². The van der Waals surface area contributed by atoms with Gasteiger partial charge in [0.15, 0.2) is 12.4 Å². The number of aromatic nitrogens is 1. The molecule has 0 aliphatic carbocycles. The number of nitro benzene ring substituents is 1. The zero-order valence-electron chi connectivity index (χ0n) is 15.0. The summed E-state index contributed by atoms with van der Waals surface area (Å²) in [6, 6.07) is 4.44. The van der Waals surface area contributed by atoms with Gasteiger partial charge in [-0.3, -0.25) is 14.9 Å². The van der Waals surface area contributed by atoms with E-state index in [1.807, 2.05) is 0 Å². The van der Waals surface area contributed by atoms with Crippen molar-refractivity contribution in [3.05, 3.63) is 56.4 Å².